The minimum Gasteiger partial charge on any atom is -0.381 e. The molecule has 0 radical (unpaired) electrons. The summed E-state index contributed by atoms with van der Waals surface area (Å²) >= 11 is 6.03. The van der Waals surface area contributed by atoms with Crippen molar-refractivity contribution >= 4 is 38.8 Å². The molecular formula is C16H14ClN5O2S. The molecule has 2 aromatic carbocycles. The van der Waals surface area contributed by atoms with E-state index in [-0.39, 0.29) is 16.4 Å². The highest BCUT2D eigenvalue weighted by Crippen LogP contribution is 2.32. The maximum atomic E-state index is 12.7. The number of nitrogens with two attached hydrogens (primary N) is 1. The van der Waals surface area contributed by atoms with Crippen molar-refractivity contribution in [1.29, 1.82) is 0 Å². The molecule has 1 aromatic heterocycles. The van der Waals surface area contributed by atoms with Gasteiger partial charge in [-0.2, -0.15) is 13.5 Å². The fourth-order valence-electron chi connectivity index (χ4n) is 2.15. The van der Waals surface area contributed by atoms with Crippen LogP contribution in [0.1, 0.15) is 5.69 Å². The maximum absolute atomic E-state index is 12.7. The van der Waals surface area contributed by atoms with Gasteiger partial charge in [0, 0.05) is 0 Å². The van der Waals surface area contributed by atoms with Gasteiger partial charge in [0.1, 0.15) is 5.69 Å². The summed E-state index contributed by atoms with van der Waals surface area (Å²) in [5.41, 5.74) is 6.93. The van der Waals surface area contributed by atoms with Gasteiger partial charge >= 0.3 is 0 Å². The minimum atomic E-state index is -3.91. The molecule has 0 fully saturated rings. The lowest BCUT2D eigenvalue weighted by molar-refractivity contribution is 0.580. The van der Waals surface area contributed by atoms with Crippen LogP contribution in [0.15, 0.2) is 69.7 Å². The molecule has 0 saturated carbocycles. The van der Waals surface area contributed by atoms with Crippen molar-refractivity contribution < 1.29 is 8.42 Å². The summed E-state index contributed by atoms with van der Waals surface area (Å²) in [4.78, 5) is 0.0822. The highest BCUT2D eigenvalue weighted by molar-refractivity contribution is 7.90. The van der Waals surface area contributed by atoms with Gasteiger partial charge in [0.25, 0.3) is 10.0 Å². The van der Waals surface area contributed by atoms with Crippen molar-refractivity contribution in [1.82, 2.24) is 9.19 Å². The molecule has 9 heteroatoms. The molecule has 0 atom stereocenters. The fraction of sp³-hybridized carbons (Fsp3) is 0.0625. The van der Waals surface area contributed by atoms with Crippen molar-refractivity contribution in [3.05, 3.63) is 65.3 Å². The normalized spacial score (nSPS) is 11.9. The number of nitrogen functional groups attached to an aromatic ring is 1. The Morgan fingerprint density at radius 3 is 2.36 bits per heavy atom. The van der Waals surface area contributed by atoms with E-state index in [0.29, 0.717) is 16.4 Å². The average Bonchev–Trinajstić information content (AvgIpc) is 2.90. The Bertz CT molecular complexity index is 1050. The van der Waals surface area contributed by atoms with Crippen LogP contribution < -0.4 is 5.73 Å². The zero-order chi connectivity index (χ0) is 18.0. The van der Waals surface area contributed by atoms with Gasteiger partial charge in [-0.25, -0.2) is 0 Å². The average molecular weight is 376 g/mol. The molecule has 0 unspecified atom stereocenters. The first kappa shape index (κ1) is 17.1. The maximum Gasteiger partial charge on any atom is 0.284 e. The first-order chi connectivity index (χ1) is 11.9. The van der Waals surface area contributed by atoms with Crippen LogP contribution in [0.2, 0.25) is 5.02 Å². The van der Waals surface area contributed by atoms with Crippen molar-refractivity contribution in [3.8, 4) is 0 Å². The Kier molecular flexibility index (Phi) is 4.56. The summed E-state index contributed by atoms with van der Waals surface area (Å²) in [5.74, 6) is -0.114. The number of nitrogens with zero attached hydrogens (tertiary/aromatic N) is 4. The van der Waals surface area contributed by atoms with E-state index in [1.165, 1.54) is 12.1 Å². The van der Waals surface area contributed by atoms with Gasteiger partial charge in [0.15, 0.2) is 11.5 Å². The third-order valence-corrected chi connectivity index (χ3v) is 5.33. The quantitative estimate of drug-likeness (QED) is 0.694. The third kappa shape index (κ3) is 3.26. The summed E-state index contributed by atoms with van der Waals surface area (Å²) < 4.78 is 26.1. The Labute approximate surface area is 149 Å². The molecule has 1 heterocycles. The molecule has 0 aliphatic rings. The fourth-order valence-corrected chi connectivity index (χ4v) is 3.60. The number of rotatable bonds is 4. The number of aryl methyl sites for hydroxylation is 1. The Balaban J connectivity index is 2.04. The molecule has 0 aliphatic heterocycles. The van der Waals surface area contributed by atoms with Crippen LogP contribution in [-0.4, -0.2) is 17.6 Å². The lowest BCUT2D eigenvalue weighted by Gasteiger charge is -2.05. The number of halogens is 1. The Hall–Kier alpha value is -2.71. The molecule has 0 saturated heterocycles. The SMILES string of the molecule is Cc1nn(S(=O)(=O)c2ccccc2)c(N)c1N=Nc1ccccc1Cl. The molecule has 7 nitrogen and oxygen atoms in total. The highest BCUT2D eigenvalue weighted by Gasteiger charge is 2.24. The van der Waals surface area contributed by atoms with E-state index in [4.69, 9.17) is 17.3 Å². The number of azo groups is 1. The predicted molar refractivity (Wildman–Crippen MR) is 96.0 cm³/mol. The van der Waals surface area contributed by atoms with E-state index in [9.17, 15) is 8.42 Å². The third-order valence-electron chi connectivity index (χ3n) is 3.41. The van der Waals surface area contributed by atoms with Crippen LogP contribution in [0.5, 0.6) is 0 Å². The van der Waals surface area contributed by atoms with Gasteiger partial charge in [0.05, 0.1) is 15.6 Å². The van der Waals surface area contributed by atoms with Gasteiger partial charge in [-0.3, -0.25) is 0 Å². The molecule has 0 aliphatic carbocycles. The standard InChI is InChI=1S/C16H14ClN5O2S/c1-11-15(20-19-14-10-6-5-9-13(14)17)16(18)22(21-11)25(23,24)12-7-3-2-4-8-12/h2-10H,18H2,1H3. The van der Waals surface area contributed by atoms with Crippen LogP contribution in [0.4, 0.5) is 17.2 Å². The van der Waals surface area contributed by atoms with Gasteiger partial charge in [-0.15, -0.1) is 14.3 Å². The van der Waals surface area contributed by atoms with E-state index in [1.807, 2.05) is 0 Å². The summed E-state index contributed by atoms with van der Waals surface area (Å²) in [5, 5.41) is 12.5. The molecule has 128 valence electrons. The first-order valence-corrected chi connectivity index (χ1v) is 9.05. The van der Waals surface area contributed by atoms with Crippen LogP contribution in [0.25, 0.3) is 0 Å². The second kappa shape index (κ2) is 6.66. The van der Waals surface area contributed by atoms with E-state index in [2.05, 4.69) is 15.3 Å². The summed E-state index contributed by atoms with van der Waals surface area (Å²) in [7, 11) is -3.91. The lowest BCUT2D eigenvalue weighted by atomic mass is 10.3. The molecule has 0 amide bonds. The van der Waals surface area contributed by atoms with Gasteiger partial charge in [-0.05, 0) is 31.2 Å². The van der Waals surface area contributed by atoms with Crippen molar-refractivity contribution in [3.63, 3.8) is 0 Å². The van der Waals surface area contributed by atoms with E-state index < -0.39 is 10.0 Å². The number of benzene rings is 2. The highest BCUT2D eigenvalue weighted by atomic mass is 35.5. The second-order valence-corrected chi connectivity index (χ2v) is 7.31. The summed E-state index contributed by atoms with van der Waals surface area (Å²) in [6.07, 6.45) is 0. The summed E-state index contributed by atoms with van der Waals surface area (Å²) in [6.45, 7) is 1.61. The van der Waals surface area contributed by atoms with Crippen molar-refractivity contribution in [2.75, 3.05) is 5.73 Å². The van der Waals surface area contributed by atoms with E-state index in [1.54, 1.807) is 49.4 Å². The molecule has 3 rings (SSSR count). The van der Waals surface area contributed by atoms with E-state index in [0.717, 1.165) is 4.09 Å². The lowest BCUT2D eigenvalue weighted by Crippen LogP contribution is -2.16. The molecule has 2 N–H and O–H groups in total. The number of hydrogen-bond acceptors (Lipinski definition) is 6. The zero-order valence-corrected chi connectivity index (χ0v) is 14.7. The number of aromatic nitrogens is 2. The van der Waals surface area contributed by atoms with Crippen LogP contribution in [0, 0.1) is 6.92 Å². The van der Waals surface area contributed by atoms with Gasteiger partial charge in [0.2, 0.25) is 0 Å². The van der Waals surface area contributed by atoms with Gasteiger partial charge in [-0.1, -0.05) is 41.9 Å². The number of hydrogen-bond donors (Lipinski definition) is 1. The van der Waals surface area contributed by atoms with Gasteiger partial charge < -0.3 is 5.73 Å². The zero-order valence-electron chi connectivity index (χ0n) is 13.2. The van der Waals surface area contributed by atoms with Crippen LogP contribution in [0.3, 0.4) is 0 Å². The molecule has 0 bridgehead atoms. The topological polar surface area (TPSA) is 103 Å². The largest absolute Gasteiger partial charge is 0.381 e. The van der Waals surface area contributed by atoms with Crippen molar-refractivity contribution in [2.45, 2.75) is 11.8 Å². The smallest absolute Gasteiger partial charge is 0.284 e. The van der Waals surface area contributed by atoms with Crippen molar-refractivity contribution in [2.24, 2.45) is 10.2 Å². The predicted octanol–water partition coefficient (Wildman–Crippen LogP) is 4.08. The van der Waals surface area contributed by atoms with E-state index >= 15 is 0 Å². The molecular weight excluding hydrogens is 362 g/mol. The summed E-state index contributed by atoms with van der Waals surface area (Å²) in [6, 6.07) is 14.8. The minimum absolute atomic E-state index is 0.0822. The first-order valence-electron chi connectivity index (χ1n) is 7.23. The second-order valence-electron chi connectivity index (χ2n) is 5.13. The monoisotopic (exact) mass is 375 g/mol. The Morgan fingerprint density at radius 1 is 1.04 bits per heavy atom. The number of anilines is 1. The molecule has 0 spiro atoms. The molecule has 25 heavy (non-hydrogen) atoms. The molecule has 3 aromatic rings. The van der Waals surface area contributed by atoms with Crippen LogP contribution >= 0.6 is 11.6 Å². The van der Waals surface area contributed by atoms with Crippen LogP contribution in [-0.2, 0) is 10.0 Å². The Morgan fingerprint density at radius 2 is 1.68 bits per heavy atom.